The van der Waals surface area contributed by atoms with Gasteiger partial charge >= 0.3 is 0 Å². The molecule has 0 fully saturated rings. The lowest BCUT2D eigenvalue weighted by Crippen LogP contribution is -2.04. The minimum Gasteiger partial charge on any atom is -0.493 e. The van der Waals surface area contributed by atoms with Crippen molar-refractivity contribution < 1.29 is 14.2 Å². The Kier molecular flexibility index (Phi) is 3.95. The maximum atomic E-state index is 13.1. The van der Waals surface area contributed by atoms with Crippen molar-refractivity contribution in [3.63, 3.8) is 0 Å². The topological polar surface area (TPSA) is 29.5 Å². The Balaban J connectivity index is 2.36. The van der Waals surface area contributed by atoms with Gasteiger partial charge in [0.1, 0.15) is 17.7 Å². The highest BCUT2D eigenvalue weighted by atomic mass is 19.1. The van der Waals surface area contributed by atoms with Crippen LogP contribution in [0, 0.1) is 5.82 Å². The molecule has 0 amide bonds. The second kappa shape index (κ2) is 5.65. The van der Waals surface area contributed by atoms with Gasteiger partial charge in [0, 0.05) is 5.56 Å². The molecule has 2 aromatic rings. The minimum atomic E-state index is -0.886. The summed E-state index contributed by atoms with van der Waals surface area (Å²) in [5.74, 6) is 0.261. The van der Waals surface area contributed by atoms with Gasteiger partial charge in [-0.15, -0.1) is 0 Å². The van der Waals surface area contributed by atoms with Crippen LogP contribution in [0.3, 0.4) is 0 Å². The lowest BCUT2D eigenvalue weighted by atomic mass is 10.0. The standard InChI is InChI=1S/C15H15FO2/c1-2-18-14-9-4-3-8-13(14)15(17)11-6-5-7-12(16)10-11/h3-10,15,17H,2H2,1H3. The summed E-state index contributed by atoms with van der Waals surface area (Å²) >= 11 is 0. The van der Waals surface area contributed by atoms with Crippen LogP contribution >= 0.6 is 0 Å². The van der Waals surface area contributed by atoms with E-state index in [0.29, 0.717) is 23.5 Å². The first kappa shape index (κ1) is 12.6. The molecule has 2 aromatic carbocycles. The van der Waals surface area contributed by atoms with E-state index in [1.165, 1.54) is 12.1 Å². The molecule has 0 bridgehead atoms. The molecule has 0 saturated carbocycles. The average molecular weight is 246 g/mol. The molecule has 0 aliphatic carbocycles. The number of hydrogen-bond donors (Lipinski definition) is 1. The molecule has 0 heterocycles. The highest BCUT2D eigenvalue weighted by molar-refractivity contribution is 5.40. The van der Waals surface area contributed by atoms with Crippen molar-refractivity contribution in [2.45, 2.75) is 13.0 Å². The number of aliphatic hydroxyl groups is 1. The Morgan fingerprint density at radius 1 is 1.17 bits per heavy atom. The van der Waals surface area contributed by atoms with Crippen LogP contribution in [0.15, 0.2) is 48.5 Å². The molecule has 18 heavy (non-hydrogen) atoms. The van der Waals surface area contributed by atoms with Gasteiger partial charge in [-0.05, 0) is 30.7 Å². The van der Waals surface area contributed by atoms with E-state index < -0.39 is 6.10 Å². The third kappa shape index (κ3) is 2.68. The van der Waals surface area contributed by atoms with Gasteiger partial charge in [0.25, 0.3) is 0 Å². The largest absolute Gasteiger partial charge is 0.493 e. The van der Waals surface area contributed by atoms with Gasteiger partial charge in [-0.2, -0.15) is 0 Å². The molecule has 94 valence electrons. The number of ether oxygens (including phenoxy) is 1. The molecule has 2 rings (SSSR count). The monoisotopic (exact) mass is 246 g/mol. The van der Waals surface area contributed by atoms with E-state index in [9.17, 15) is 9.50 Å². The van der Waals surface area contributed by atoms with Gasteiger partial charge in [-0.3, -0.25) is 0 Å². The zero-order chi connectivity index (χ0) is 13.0. The molecule has 0 aliphatic heterocycles. The van der Waals surface area contributed by atoms with Gasteiger partial charge in [0.05, 0.1) is 6.61 Å². The summed E-state index contributed by atoms with van der Waals surface area (Å²) in [7, 11) is 0. The normalized spacial score (nSPS) is 12.2. The van der Waals surface area contributed by atoms with Crippen molar-refractivity contribution >= 4 is 0 Å². The SMILES string of the molecule is CCOc1ccccc1C(O)c1cccc(F)c1. The van der Waals surface area contributed by atoms with E-state index in [1.54, 1.807) is 24.3 Å². The fourth-order valence-electron chi connectivity index (χ4n) is 1.85. The summed E-state index contributed by atoms with van der Waals surface area (Å²) in [6.45, 7) is 2.40. The number of hydrogen-bond acceptors (Lipinski definition) is 2. The first-order valence-corrected chi connectivity index (χ1v) is 5.87. The lowest BCUT2D eigenvalue weighted by molar-refractivity contribution is 0.211. The van der Waals surface area contributed by atoms with Gasteiger partial charge in [0.2, 0.25) is 0 Å². The summed E-state index contributed by atoms with van der Waals surface area (Å²) in [6, 6.07) is 13.2. The number of para-hydroxylation sites is 1. The highest BCUT2D eigenvalue weighted by Crippen LogP contribution is 2.30. The van der Waals surface area contributed by atoms with Crippen LogP contribution in [0.25, 0.3) is 0 Å². The molecule has 0 spiro atoms. The van der Waals surface area contributed by atoms with Crippen molar-refractivity contribution in [3.05, 3.63) is 65.5 Å². The van der Waals surface area contributed by atoms with Crippen molar-refractivity contribution in [3.8, 4) is 5.75 Å². The Morgan fingerprint density at radius 2 is 1.94 bits per heavy atom. The van der Waals surface area contributed by atoms with E-state index in [0.717, 1.165) is 0 Å². The molecule has 0 radical (unpaired) electrons. The van der Waals surface area contributed by atoms with Crippen LogP contribution in [0.2, 0.25) is 0 Å². The zero-order valence-electron chi connectivity index (χ0n) is 10.1. The van der Waals surface area contributed by atoms with Crippen LogP contribution in [-0.2, 0) is 0 Å². The maximum Gasteiger partial charge on any atom is 0.125 e. The van der Waals surface area contributed by atoms with Gasteiger partial charge < -0.3 is 9.84 Å². The molecular weight excluding hydrogens is 231 g/mol. The highest BCUT2D eigenvalue weighted by Gasteiger charge is 2.15. The minimum absolute atomic E-state index is 0.361. The third-order valence-electron chi connectivity index (χ3n) is 2.68. The molecule has 3 heteroatoms. The first-order valence-electron chi connectivity index (χ1n) is 5.87. The van der Waals surface area contributed by atoms with Crippen molar-refractivity contribution in [1.82, 2.24) is 0 Å². The van der Waals surface area contributed by atoms with Crippen LogP contribution in [-0.4, -0.2) is 11.7 Å². The van der Waals surface area contributed by atoms with E-state index in [4.69, 9.17) is 4.74 Å². The predicted molar refractivity (Wildman–Crippen MR) is 68.1 cm³/mol. The van der Waals surface area contributed by atoms with E-state index >= 15 is 0 Å². The smallest absolute Gasteiger partial charge is 0.125 e. The van der Waals surface area contributed by atoms with Gasteiger partial charge in [-0.1, -0.05) is 30.3 Å². The summed E-state index contributed by atoms with van der Waals surface area (Å²) < 4.78 is 18.6. The van der Waals surface area contributed by atoms with Crippen molar-refractivity contribution in [2.75, 3.05) is 6.61 Å². The van der Waals surface area contributed by atoms with Crippen LogP contribution in [0.1, 0.15) is 24.2 Å². The lowest BCUT2D eigenvalue weighted by Gasteiger charge is -2.15. The summed E-state index contributed by atoms with van der Waals surface area (Å²) in [4.78, 5) is 0. The molecule has 1 unspecified atom stereocenters. The van der Waals surface area contributed by atoms with Crippen LogP contribution < -0.4 is 4.74 Å². The Labute approximate surface area is 106 Å². The molecule has 1 atom stereocenters. The van der Waals surface area contributed by atoms with E-state index in [1.807, 2.05) is 19.1 Å². The van der Waals surface area contributed by atoms with Gasteiger partial charge in [-0.25, -0.2) is 4.39 Å². The Bertz CT molecular complexity index is 525. The molecule has 0 saturated heterocycles. The summed E-state index contributed by atoms with van der Waals surface area (Å²) in [5, 5.41) is 10.3. The number of rotatable bonds is 4. The third-order valence-corrected chi connectivity index (χ3v) is 2.68. The second-order valence-corrected chi connectivity index (χ2v) is 3.93. The fourth-order valence-corrected chi connectivity index (χ4v) is 1.85. The summed E-state index contributed by atoms with van der Waals surface area (Å²) in [5.41, 5.74) is 1.16. The zero-order valence-corrected chi connectivity index (χ0v) is 10.1. The Hall–Kier alpha value is -1.87. The molecule has 0 aromatic heterocycles. The predicted octanol–water partition coefficient (Wildman–Crippen LogP) is 3.31. The van der Waals surface area contributed by atoms with Crippen molar-refractivity contribution in [1.29, 1.82) is 0 Å². The Morgan fingerprint density at radius 3 is 2.67 bits per heavy atom. The van der Waals surface area contributed by atoms with E-state index in [-0.39, 0.29) is 5.82 Å². The van der Waals surface area contributed by atoms with Gasteiger partial charge in [0.15, 0.2) is 0 Å². The quantitative estimate of drug-likeness (QED) is 0.896. The molecule has 1 N–H and O–H groups in total. The molecule has 0 aliphatic rings. The fraction of sp³-hybridized carbons (Fsp3) is 0.200. The molecule has 2 nitrogen and oxygen atoms in total. The van der Waals surface area contributed by atoms with E-state index in [2.05, 4.69) is 0 Å². The van der Waals surface area contributed by atoms with Crippen LogP contribution in [0.4, 0.5) is 4.39 Å². The molecular formula is C15H15FO2. The van der Waals surface area contributed by atoms with Crippen molar-refractivity contribution in [2.24, 2.45) is 0 Å². The second-order valence-electron chi connectivity index (χ2n) is 3.93. The number of benzene rings is 2. The number of aliphatic hydroxyl groups excluding tert-OH is 1. The number of halogens is 1. The van der Waals surface area contributed by atoms with Crippen LogP contribution in [0.5, 0.6) is 5.75 Å². The first-order chi connectivity index (χ1) is 8.72. The summed E-state index contributed by atoms with van der Waals surface area (Å²) in [6.07, 6.45) is -0.886. The average Bonchev–Trinajstić information content (AvgIpc) is 2.39. The maximum absolute atomic E-state index is 13.1.